The summed E-state index contributed by atoms with van der Waals surface area (Å²) in [5, 5.41) is 11.6. The minimum absolute atomic E-state index is 0.0801. The Morgan fingerprint density at radius 1 is 1.16 bits per heavy atom. The molecule has 1 aliphatic carbocycles. The van der Waals surface area contributed by atoms with Crippen molar-refractivity contribution < 1.29 is 19.1 Å². The van der Waals surface area contributed by atoms with E-state index in [0.29, 0.717) is 12.2 Å². The first kappa shape index (κ1) is 21.9. The third kappa shape index (κ3) is 4.65. The molecule has 2 heterocycles. The van der Waals surface area contributed by atoms with E-state index in [2.05, 4.69) is 17.0 Å². The van der Waals surface area contributed by atoms with Crippen molar-refractivity contribution in [2.75, 3.05) is 26.7 Å². The molecular formula is C25H34N3O3+. The second-order valence-electron chi connectivity index (χ2n) is 9.38. The van der Waals surface area contributed by atoms with Gasteiger partial charge < -0.3 is 14.3 Å². The van der Waals surface area contributed by atoms with Crippen LogP contribution in [0.25, 0.3) is 0 Å². The van der Waals surface area contributed by atoms with Crippen molar-refractivity contribution in [3.63, 3.8) is 0 Å². The number of hydrogen-bond donors (Lipinski definition) is 1. The number of quaternary nitrogens is 1. The molecule has 1 aromatic carbocycles. The topological polar surface area (TPSA) is 72.3 Å². The van der Waals surface area contributed by atoms with Crippen LogP contribution in [0.15, 0.2) is 48.9 Å². The molecule has 2 fully saturated rings. The first-order valence-electron chi connectivity index (χ1n) is 11.6. The first-order chi connectivity index (χ1) is 15.0. The minimum Gasteiger partial charge on any atom is -0.457 e. The molecule has 1 saturated heterocycles. The van der Waals surface area contributed by atoms with Crippen molar-refractivity contribution in [2.45, 2.75) is 56.6 Å². The number of hydrogen-bond acceptors (Lipinski definition) is 5. The third-order valence-electron chi connectivity index (χ3n) is 7.46. The fourth-order valence-electron chi connectivity index (χ4n) is 5.41. The molecule has 4 rings (SSSR count). The van der Waals surface area contributed by atoms with Gasteiger partial charge in [-0.2, -0.15) is 0 Å². The molecule has 1 N–H and O–H groups in total. The molecule has 31 heavy (non-hydrogen) atoms. The summed E-state index contributed by atoms with van der Waals surface area (Å²) in [5.41, 5.74) is 0.0850. The molecule has 1 saturated carbocycles. The van der Waals surface area contributed by atoms with Crippen molar-refractivity contribution >= 4 is 5.97 Å². The number of aliphatic hydroxyl groups is 1. The maximum absolute atomic E-state index is 13.3. The highest BCUT2D eigenvalue weighted by Crippen LogP contribution is 2.41. The zero-order valence-electron chi connectivity index (χ0n) is 18.4. The number of esters is 1. The van der Waals surface area contributed by atoms with Crippen LogP contribution in [-0.2, 0) is 21.6 Å². The van der Waals surface area contributed by atoms with E-state index in [-0.39, 0.29) is 12.0 Å². The normalized spacial score (nSPS) is 25.9. The summed E-state index contributed by atoms with van der Waals surface area (Å²) < 4.78 is 6.73. The number of ether oxygens (including phenoxy) is 1. The van der Waals surface area contributed by atoms with E-state index in [1.165, 1.54) is 0 Å². The highest BCUT2D eigenvalue weighted by Gasteiger charge is 2.48. The van der Waals surface area contributed by atoms with Gasteiger partial charge in [0.2, 0.25) is 0 Å². The largest absolute Gasteiger partial charge is 0.457 e. The van der Waals surface area contributed by atoms with E-state index in [9.17, 15) is 9.90 Å². The first-order valence-corrected chi connectivity index (χ1v) is 11.6. The van der Waals surface area contributed by atoms with Gasteiger partial charge in [0.1, 0.15) is 12.6 Å². The Morgan fingerprint density at radius 2 is 1.94 bits per heavy atom. The molecular weight excluding hydrogens is 390 g/mol. The molecule has 6 heteroatoms. The summed E-state index contributed by atoms with van der Waals surface area (Å²) in [7, 11) is 2.24. The van der Waals surface area contributed by atoms with Crippen LogP contribution in [0, 0.1) is 5.92 Å². The summed E-state index contributed by atoms with van der Waals surface area (Å²) in [6.07, 6.45) is 12.0. The Balaban J connectivity index is 1.43. The lowest BCUT2D eigenvalue weighted by atomic mass is 9.80. The predicted octanol–water partition coefficient (Wildman–Crippen LogP) is 3.25. The number of carbonyl (C=O) groups is 1. The number of likely N-dealkylation sites (tertiary alicyclic amines) is 1. The molecule has 6 nitrogen and oxygen atoms in total. The van der Waals surface area contributed by atoms with Crippen LogP contribution in [0.4, 0.5) is 0 Å². The summed E-state index contributed by atoms with van der Waals surface area (Å²) in [6.45, 7) is 2.35. The fraction of sp³-hybridized carbons (Fsp3) is 0.560. The van der Waals surface area contributed by atoms with Gasteiger partial charge in [0.15, 0.2) is 5.60 Å². The highest BCUT2D eigenvalue weighted by atomic mass is 16.6. The van der Waals surface area contributed by atoms with Crippen molar-refractivity contribution in [3.05, 3.63) is 60.2 Å². The maximum Gasteiger partial charge on any atom is 0.343 e. The Hall–Kier alpha value is -2.31. The molecule has 0 amide bonds. The maximum atomic E-state index is 13.3. The molecule has 166 valence electrons. The molecule has 1 aromatic heterocycles. The van der Waals surface area contributed by atoms with Crippen LogP contribution in [0.5, 0.6) is 0 Å². The highest BCUT2D eigenvalue weighted by molar-refractivity contribution is 5.81. The Labute approximate surface area is 184 Å². The number of likely N-dealkylation sites (N-methyl/N-ethyl adjacent to an activating group) is 1. The number of nitrogens with zero attached hydrogens (tertiary/aromatic N) is 3. The van der Waals surface area contributed by atoms with Gasteiger partial charge in [-0.25, -0.2) is 4.79 Å². The molecule has 1 aliphatic heterocycles. The van der Waals surface area contributed by atoms with E-state index in [4.69, 9.17) is 4.74 Å². The number of benzene rings is 1. The SMILES string of the molecule is C[N+]1(CCc2cnccn2)CCCC1COC(=O)[C@](O)(c1ccccc1)C1CCCC1. The average molecular weight is 425 g/mol. The molecule has 2 aromatic rings. The minimum atomic E-state index is -1.56. The fourth-order valence-corrected chi connectivity index (χ4v) is 5.41. The van der Waals surface area contributed by atoms with E-state index in [1.54, 1.807) is 12.4 Å². The Morgan fingerprint density at radius 3 is 2.65 bits per heavy atom. The number of carbonyl (C=O) groups excluding carboxylic acids is 1. The molecule has 0 spiro atoms. The van der Waals surface area contributed by atoms with Crippen LogP contribution >= 0.6 is 0 Å². The van der Waals surface area contributed by atoms with Gasteiger partial charge in [-0.1, -0.05) is 43.2 Å². The Bertz CT molecular complexity index is 857. The van der Waals surface area contributed by atoms with Crippen LogP contribution in [0.1, 0.15) is 49.8 Å². The van der Waals surface area contributed by atoms with Gasteiger partial charge >= 0.3 is 5.97 Å². The zero-order chi connectivity index (χ0) is 21.7. The van der Waals surface area contributed by atoms with Crippen LogP contribution < -0.4 is 0 Å². The van der Waals surface area contributed by atoms with Crippen molar-refractivity contribution in [2.24, 2.45) is 5.92 Å². The Kier molecular flexibility index (Phi) is 6.68. The van der Waals surface area contributed by atoms with Crippen molar-refractivity contribution in [1.82, 2.24) is 9.97 Å². The molecule has 0 radical (unpaired) electrons. The molecule has 2 unspecified atom stereocenters. The van der Waals surface area contributed by atoms with E-state index in [0.717, 1.165) is 68.2 Å². The van der Waals surface area contributed by atoms with Gasteiger partial charge in [-0.15, -0.1) is 0 Å². The summed E-state index contributed by atoms with van der Waals surface area (Å²) in [5.74, 6) is -0.568. The van der Waals surface area contributed by atoms with Crippen molar-refractivity contribution in [1.29, 1.82) is 0 Å². The number of aromatic nitrogens is 2. The molecule has 2 aliphatic rings. The van der Waals surface area contributed by atoms with E-state index >= 15 is 0 Å². The smallest absolute Gasteiger partial charge is 0.343 e. The van der Waals surface area contributed by atoms with Gasteiger partial charge in [-0.3, -0.25) is 9.97 Å². The van der Waals surface area contributed by atoms with E-state index < -0.39 is 11.6 Å². The monoisotopic (exact) mass is 424 g/mol. The number of rotatable bonds is 8. The lowest BCUT2D eigenvalue weighted by molar-refractivity contribution is -0.921. The van der Waals surface area contributed by atoms with Crippen LogP contribution in [-0.4, -0.2) is 58.3 Å². The zero-order valence-corrected chi connectivity index (χ0v) is 18.4. The third-order valence-corrected chi connectivity index (χ3v) is 7.46. The van der Waals surface area contributed by atoms with E-state index in [1.807, 2.05) is 36.5 Å². The van der Waals surface area contributed by atoms with Crippen molar-refractivity contribution in [3.8, 4) is 0 Å². The van der Waals surface area contributed by atoms with Crippen LogP contribution in [0.3, 0.4) is 0 Å². The average Bonchev–Trinajstić information content (AvgIpc) is 3.48. The van der Waals surface area contributed by atoms with Gasteiger partial charge in [0.05, 0.1) is 25.8 Å². The van der Waals surface area contributed by atoms with Gasteiger partial charge in [0, 0.05) is 43.8 Å². The summed E-state index contributed by atoms with van der Waals surface area (Å²) in [4.78, 5) is 21.8. The molecule has 3 atom stereocenters. The molecule has 0 bridgehead atoms. The standard InChI is InChI=1S/C25H34N3O3/c1-28(17-13-22-18-26-14-15-27-22)16-7-12-23(28)19-31-24(29)25(30,21-10-5-6-11-21)20-8-3-2-4-9-20/h2-4,8-9,14-15,18,21,23,30H,5-7,10-13,16-17,19H2,1H3/q+1/t23?,25-,28?/m0/s1. The van der Waals surface area contributed by atoms with Gasteiger partial charge in [0.25, 0.3) is 0 Å². The second-order valence-corrected chi connectivity index (χ2v) is 9.38. The lowest BCUT2D eigenvalue weighted by Crippen LogP contribution is -2.52. The quantitative estimate of drug-likeness (QED) is 0.520. The summed E-state index contributed by atoms with van der Waals surface area (Å²) in [6, 6.07) is 9.58. The van der Waals surface area contributed by atoms with Crippen LogP contribution in [0.2, 0.25) is 0 Å². The lowest BCUT2D eigenvalue weighted by Gasteiger charge is -2.37. The summed E-state index contributed by atoms with van der Waals surface area (Å²) >= 11 is 0. The predicted molar refractivity (Wildman–Crippen MR) is 118 cm³/mol. The second kappa shape index (κ2) is 9.45. The van der Waals surface area contributed by atoms with Gasteiger partial charge in [-0.05, 0) is 18.4 Å².